The monoisotopic (exact) mass is 353 g/mol. The molecule has 26 heavy (non-hydrogen) atoms. The maximum Gasteiger partial charge on any atom is 0.272 e. The van der Waals surface area contributed by atoms with Crippen molar-refractivity contribution in [2.45, 2.75) is 6.92 Å². The van der Waals surface area contributed by atoms with Crippen molar-refractivity contribution in [2.24, 2.45) is 0 Å². The third kappa shape index (κ3) is 4.12. The molecular weight excluding hydrogens is 334 g/mol. The van der Waals surface area contributed by atoms with Crippen LogP contribution < -0.4 is 5.32 Å². The lowest BCUT2D eigenvalue weighted by Gasteiger charge is -2.26. The summed E-state index contributed by atoms with van der Waals surface area (Å²) in [6.45, 7) is 3.51. The lowest BCUT2D eigenvalue weighted by atomic mass is 10.1. The molecule has 1 aliphatic heterocycles. The number of rotatable bonds is 4. The average Bonchev–Trinajstić information content (AvgIpc) is 2.68. The van der Waals surface area contributed by atoms with Gasteiger partial charge in [0.2, 0.25) is 0 Å². The van der Waals surface area contributed by atoms with Crippen molar-refractivity contribution < 1.29 is 19.1 Å². The zero-order valence-electron chi connectivity index (χ0n) is 14.4. The first-order valence-corrected chi connectivity index (χ1v) is 8.30. The van der Waals surface area contributed by atoms with Crippen molar-refractivity contribution in [3.63, 3.8) is 0 Å². The molecule has 1 saturated heterocycles. The summed E-state index contributed by atoms with van der Waals surface area (Å²) < 4.78 is 5.24. The van der Waals surface area contributed by atoms with Crippen LogP contribution >= 0.6 is 0 Å². The second-order valence-electron chi connectivity index (χ2n) is 5.92. The lowest BCUT2D eigenvalue weighted by Crippen LogP contribution is -2.41. The molecule has 0 atom stereocenters. The van der Waals surface area contributed by atoms with Gasteiger partial charge in [-0.3, -0.25) is 19.4 Å². The van der Waals surface area contributed by atoms with Gasteiger partial charge in [0.15, 0.2) is 5.78 Å². The lowest BCUT2D eigenvalue weighted by molar-refractivity contribution is 0.0299. The largest absolute Gasteiger partial charge is 0.378 e. The Bertz CT molecular complexity index is 827. The van der Waals surface area contributed by atoms with Gasteiger partial charge in [-0.05, 0) is 43.3 Å². The summed E-state index contributed by atoms with van der Waals surface area (Å²) in [5.41, 5.74) is 1.71. The minimum atomic E-state index is -0.348. The zero-order chi connectivity index (χ0) is 18.5. The highest BCUT2D eigenvalue weighted by Gasteiger charge is 2.20. The molecular formula is C19H19N3O4. The van der Waals surface area contributed by atoms with E-state index in [0.29, 0.717) is 43.1 Å². The van der Waals surface area contributed by atoms with Gasteiger partial charge in [-0.25, -0.2) is 0 Å². The van der Waals surface area contributed by atoms with Gasteiger partial charge >= 0.3 is 0 Å². The van der Waals surface area contributed by atoms with Gasteiger partial charge in [-0.2, -0.15) is 0 Å². The van der Waals surface area contributed by atoms with Crippen LogP contribution in [0.4, 0.5) is 5.69 Å². The number of carbonyl (C=O) groups excluding carboxylic acids is 3. The fraction of sp³-hybridized carbons (Fsp3) is 0.263. The molecule has 0 aliphatic carbocycles. The van der Waals surface area contributed by atoms with Crippen molar-refractivity contribution >= 4 is 23.3 Å². The van der Waals surface area contributed by atoms with Crippen molar-refractivity contribution in [1.29, 1.82) is 0 Å². The number of amides is 2. The summed E-state index contributed by atoms with van der Waals surface area (Å²) in [5.74, 6) is -0.601. The number of carbonyl (C=O) groups is 3. The number of hydrogen-bond acceptors (Lipinski definition) is 5. The number of nitrogens with one attached hydrogen (secondary N) is 1. The van der Waals surface area contributed by atoms with Crippen molar-refractivity contribution in [1.82, 2.24) is 9.88 Å². The van der Waals surface area contributed by atoms with E-state index in [1.807, 2.05) is 0 Å². The molecule has 134 valence electrons. The van der Waals surface area contributed by atoms with Crippen LogP contribution in [0.25, 0.3) is 0 Å². The van der Waals surface area contributed by atoms with E-state index in [1.54, 1.807) is 35.2 Å². The van der Waals surface area contributed by atoms with Gasteiger partial charge in [-0.15, -0.1) is 0 Å². The van der Waals surface area contributed by atoms with Crippen LogP contribution in [0, 0.1) is 0 Å². The van der Waals surface area contributed by atoms with Crippen molar-refractivity contribution in [2.75, 3.05) is 31.6 Å². The first-order valence-electron chi connectivity index (χ1n) is 8.30. The van der Waals surface area contributed by atoms with Gasteiger partial charge < -0.3 is 15.0 Å². The summed E-state index contributed by atoms with van der Waals surface area (Å²) in [6, 6.07) is 9.66. The summed E-state index contributed by atoms with van der Waals surface area (Å²) >= 11 is 0. The number of ether oxygens (including phenoxy) is 1. The van der Waals surface area contributed by atoms with Crippen LogP contribution in [0.1, 0.15) is 38.1 Å². The van der Waals surface area contributed by atoms with Crippen LogP contribution in [-0.2, 0) is 4.74 Å². The maximum absolute atomic E-state index is 12.5. The van der Waals surface area contributed by atoms with Crippen LogP contribution in [-0.4, -0.2) is 53.8 Å². The summed E-state index contributed by atoms with van der Waals surface area (Å²) in [7, 11) is 0. The first kappa shape index (κ1) is 17.8. The highest BCUT2D eigenvalue weighted by molar-refractivity contribution is 6.06. The fourth-order valence-electron chi connectivity index (χ4n) is 2.61. The SMILES string of the molecule is CC(=O)c1ccc(NC(=O)c2ccnc(C(=O)N3CCOCC3)c2)cc1. The van der Waals surface area contributed by atoms with Crippen molar-refractivity contribution in [3.8, 4) is 0 Å². The van der Waals surface area contributed by atoms with Gasteiger partial charge in [0.1, 0.15) is 5.69 Å². The predicted octanol–water partition coefficient (Wildman–Crippen LogP) is 2.01. The van der Waals surface area contributed by atoms with E-state index < -0.39 is 0 Å². The number of pyridine rings is 1. The predicted molar refractivity (Wildman–Crippen MR) is 95.4 cm³/mol. The summed E-state index contributed by atoms with van der Waals surface area (Å²) in [4.78, 5) is 42.0. The Morgan fingerprint density at radius 1 is 1.04 bits per heavy atom. The molecule has 0 radical (unpaired) electrons. The van der Waals surface area contributed by atoms with Gasteiger partial charge in [0, 0.05) is 36.1 Å². The van der Waals surface area contributed by atoms with E-state index in [9.17, 15) is 14.4 Å². The molecule has 0 spiro atoms. The average molecular weight is 353 g/mol. The minimum absolute atomic E-state index is 0.0386. The van der Waals surface area contributed by atoms with E-state index in [1.165, 1.54) is 19.2 Å². The first-order chi connectivity index (χ1) is 12.5. The Morgan fingerprint density at radius 3 is 2.38 bits per heavy atom. The molecule has 1 aromatic heterocycles. The topological polar surface area (TPSA) is 88.6 Å². The Kier molecular flexibility index (Phi) is 5.38. The molecule has 7 nitrogen and oxygen atoms in total. The molecule has 1 fully saturated rings. The van der Waals surface area contributed by atoms with Crippen LogP contribution in [0.3, 0.4) is 0 Å². The number of morpholine rings is 1. The minimum Gasteiger partial charge on any atom is -0.378 e. The number of hydrogen-bond donors (Lipinski definition) is 1. The second kappa shape index (κ2) is 7.88. The fourth-order valence-corrected chi connectivity index (χ4v) is 2.61. The molecule has 0 bridgehead atoms. The Hall–Kier alpha value is -3.06. The maximum atomic E-state index is 12.5. The number of anilines is 1. The van der Waals surface area contributed by atoms with Gasteiger partial charge in [0.25, 0.3) is 11.8 Å². The third-order valence-electron chi connectivity index (χ3n) is 4.09. The Morgan fingerprint density at radius 2 is 1.73 bits per heavy atom. The van der Waals surface area contributed by atoms with E-state index in [-0.39, 0.29) is 23.3 Å². The van der Waals surface area contributed by atoms with Crippen LogP contribution in [0.2, 0.25) is 0 Å². The molecule has 1 aliphatic rings. The summed E-state index contributed by atoms with van der Waals surface area (Å²) in [6.07, 6.45) is 1.45. The standard InChI is InChI=1S/C19H19N3O4/c1-13(23)14-2-4-16(5-3-14)21-18(24)15-6-7-20-17(12-15)19(25)22-8-10-26-11-9-22/h2-7,12H,8-11H2,1H3,(H,21,24). The highest BCUT2D eigenvalue weighted by Crippen LogP contribution is 2.13. The normalized spacial score (nSPS) is 14.0. The quantitative estimate of drug-likeness (QED) is 0.850. The number of aromatic nitrogens is 1. The number of ketones is 1. The number of Topliss-reactive ketones (excluding diaryl/α,β-unsaturated/α-hetero) is 1. The Balaban J connectivity index is 1.71. The molecule has 7 heteroatoms. The number of benzene rings is 1. The molecule has 0 unspecified atom stereocenters. The second-order valence-corrected chi connectivity index (χ2v) is 5.92. The van der Waals surface area contributed by atoms with Crippen molar-refractivity contribution in [3.05, 3.63) is 59.4 Å². The molecule has 1 N–H and O–H groups in total. The van der Waals surface area contributed by atoms with E-state index in [2.05, 4.69) is 10.3 Å². The molecule has 1 aromatic carbocycles. The highest BCUT2D eigenvalue weighted by atomic mass is 16.5. The molecule has 2 heterocycles. The summed E-state index contributed by atoms with van der Waals surface area (Å²) in [5, 5.41) is 2.75. The molecule has 3 rings (SSSR count). The zero-order valence-corrected chi connectivity index (χ0v) is 14.4. The molecule has 2 amide bonds. The molecule has 0 saturated carbocycles. The van der Waals surface area contributed by atoms with E-state index >= 15 is 0 Å². The van der Waals surface area contributed by atoms with Gasteiger partial charge in [-0.1, -0.05) is 0 Å². The van der Waals surface area contributed by atoms with E-state index in [4.69, 9.17) is 4.74 Å². The van der Waals surface area contributed by atoms with Gasteiger partial charge in [0.05, 0.1) is 13.2 Å². The smallest absolute Gasteiger partial charge is 0.272 e. The number of nitrogens with zero attached hydrogens (tertiary/aromatic N) is 2. The third-order valence-corrected chi connectivity index (χ3v) is 4.09. The van der Waals surface area contributed by atoms with Crippen LogP contribution in [0.15, 0.2) is 42.6 Å². The van der Waals surface area contributed by atoms with E-state index in [0.717, 1.165) is 0 Å². The molecule has 2 aromatic rings. The van der Waals surface area contributed by atoms with Crippen LogP contribution in [0.5, 0.6) is 0 Å². The Labute approximate surface area is 151 Å².